The number of nitriles is 1. The van der Waals surface area contributed by atoms with Gasteiger partial charge in [0.1, 0.15) is 15.2 Å². The molecule has 1 unspecified atom stereocenters. The third-order valence-electron chi connectivity index (χ3n) is 2.80. The second kappa shape index (κ2) is 7.63. The second-order valence-electron chi connectivity index (χ2n) is 4.60. The average molecular weight is 300 g/mol. The van der Waals surface area contributed by atoms with Crippen molar-refractivity contribution >= 4 is 21.4 Å². The highest BCUT2D eigenvalue weighted by atomic mass is 32.2. The van der Waals surface area contributed by atoms with Crippen LogP contribution in [0.5, 0.6) is 0 Å². The molecule has 0 aliphatic heterocycles. The van der Waals surface area contributed by atoms with E-state index in [4.69, 9.17) is 5.26 Å². The molecule has 6 heteroatoms. The molecule has 0 saturated carbocycles. The van der Waals surface area contributed by atoms with Crippen LogP contribution in [0.2, 0.25) is 0 Å². The highest BCUT2D eigenvalue weighted by Crippen LogP contribution is 2.21. The minimum absolute atomic E-state index is 0.0745. The zero-order valence-electron chi connectivity index (χ0n) is 11.3. The standard InChI is InChI=1S/C13H20N2O2S2/c1-3-4-5-6-7-11(2)15-19(16,17)13-9-8-12(10-14)18-13/h8-9,11,15H,3-7H2,1-2H3. The van der Waals surface area contributed by atoms with Crippen LogP contribution in [-0.2, 0) is 10.0 Å². The summed E-state index contributed by atoms with van der Waals surface area (Å²) in [6.07, 6.45) is 5.38. The number of nitrogens with zero attached hydrogens (tertiary/aromatic N) is 1. The van der Waals surface area contributed by atoms with Gasteiger partial charge in [0.15, 0.2) is 0 Å². The molecule has 1 heterocycles. The van der Waals surface area contributed by atoms with Gasteiger partial charge in [-0.2, -0.15) is 5.26 Å². The molecule has 0 aliphatic rings. The molecular weight excluding hydrogens is 280 g/mol. The molecule has 0 aliphatic carbocycles. The minimum Gasteiger partial charge on any atom is -0.208 e. The number of sulfonamides is 1. The number of rotatable bonds is 8. The van der Waals surface area contributed by atoms with E-state index in [2.05, 4.69) is 11.6 Å². The fraction of sp³-hybridized carbons (Fsp3) is 0.615. The molecule has 0 aromatic carbocycles. The first-order chi connectivity index (χ1) is 8.99. The normalized spacial score (nSPS) is 13.1. The lowest BCUT2D eigenvalue weighted by molar-refractivity contribution is 0.523. The van der Waals surface area contributed by atoms with Gasteiger partial charge in [-0.3, -0.25) is 0 Å². The van der Waals surface area contributed by atoms with E-state index in [9.17, 15) is 8.42 Å². The Morgan fingerprint density at radius 1 is 1.37 bits per heavy atom. The van der Waals surface area contributed by atoms with Gasteiger partial charge in [-0.15, -0.1) is 11.3 Å². The summed E-state index contributed by atoms with van der Waals surface area (Å²) in [6, 6.07) is 4.89. The predicted molar refractivity (Wildman–Crippen MR) is 77.6 cm³/mol. The Kier molecular flexibility index (Phi) is 6.49. The molecule has 4 nitrogen and oxygen atoms in total. The summed E-state index contributed by atoms with van der Waals surface area (Å²) in [7, 11) is -3.47. The lowest BCUT2D eigenvalue weighted by Gasteiger charge is -2.12. The van der Waals surface area contributed by atoms with E-state index in [1.54, 1.807) is 0 Å². The van der Waals surface area contributed by atoms with Crippen molar-refractivity contribution in [2.24, 2.45) is 0 Å². The predicted octanol–water partition coefficient (Wildman–Crippen LogP) is 3.26. The van der Waals surface area contributed by atoms with Crippen LogP contribution >= 0.6 is 11.3 Å². The molecule has 1 atom stereocenters. The monoisotopic (exact) mass is 300 g/mol. The number of nitrogens with one attached hydrogen (secondary N) is 1. The Balaban J connectivity index is 2.52. The fourth-order valence-electron chi connectivity index (χ4n) is 1.78. The van der Waals surface area contributed by atoms with Gasteiger partial charge < -0.3 is 0 Å². The summed E-state index contributed by atoms with van der Waals surface area (Å²) in [5.41, 5.74) is 0. The summed E-state index contributed by atoms with van der Waals surface area (Å²) in [6.45, 7) is 4.03. The molecule has 1 aromatic rings. The van der Waals surface area contributed by atoms with E-state index in [0.29, 0.717) is 4.88 Å². The van der Waals surface area contributed by atoms with Crippen LogP contribution in [0.4, 0.5) is 0 Å². The Morgan fingerprint density at radius 2 is 2.11 bits per heavy atom. The van der Waals surface area contributed by atoms with Crippen molar-refractivity contribution in [2.75, 3.05) is 0 Å². The topological polar surface area (TPSA) is 70.0 Å². The van der Waals surface area contributed by atoms with Crippen LogP contribution in [-0.4, -0.2) is 14.5 Å². The smallest absolute Gasteiger partial charge is 0.208 e. The van der Waals surface area contributed by atoms with E-state index >= 15 is 0 Å². The fourth-order valence-corrected chi connectivity index (χ4v) is 4.18. The third kappa shape index (κ3) is 5.31. The van der Waals surface area contributed by atoms with Crippen molar-refractivity contribution < 1.29 is 8.42 Å². The SMILES string of the molecule is CCCCCCC(C)NS(=O)(=O)c1ccc(C#N)s1. The van der Waals surface area contributed by atoms with Crippen LogP contribution in [0.1, 0.15) is 50.8 Å². The molecule has 1 N–H and O–H groups in total. The van der Waals surface area contributed by atoms with Crippen LogP contribution in [0.15, 0.2) is 16.3 Å². The largest absolute Gasteiger partial charge is 0.250 e. The minimum atomic E-state index is -3.47. The second-order valence-corrected chi connectivity index (χ2v) is 7.63. The van der Waals surface area contributed by atoms with Crippen molar-refractivity contribution in [1.82, 2.24) is 4.72 Å². The molecule has 0 spiro atoms. The summed E-state index contributed by atoms with van der Waals surface area (Å²) < 4.78 is 27.0. The average Bonchev–Trinajstić information content (AvgIpc) is 2.83. The van der Waals surface area contributed by atoms with Gasteiger partial charge in [-0.1, -0.05) is 32.6 Å². The first-order valence-electron chi connectivity index (χ1n) is 6.52. The maximum Gasteiger partial charge on any atom is 0.250 e. The van der Waals surface area contributed by atoms with E-state index in [1.165, 1.54) is 25.0 Å². The van der Waals surface area contributed by atoms with Gasteiger partial charge >= 0.3 is 0 Å². The molecule has 0 radical (unpaired) electrons. The zero-order valence-corrected chi connectivity index (χ0v) is 13.0. The lowest BCUT2D eigenvalue weighted by atomic mass is 10.1. The Hall–Kier alpha value is -0.900. The van der Waals surface area contributed by atoms with Crippen LogP contribution in [0.3, 0.4) is 0 Å². The van der Waals surface area contributed by atoms with Crippen LogP contribution in [0, 0.1) is 11.3 Å². The molecule has 1 aromatic heterocycles. The Bertz CT molecular complexity index is 529. The van der Waals surface area contributed by atoms with E-state index in [0.717, 1.165) is 30.6 Å². The first kappa shape index (κ1) is 16.2. The molecule has 19 heavy (non-hydrogen) atoms. The van der Waals surface area contributed by atoms with Gasteiger partial charge in [0.25, 0.3) is 0 Å². The van der Waals surface area contributed by atoms with E-state index in [-0.39, 0.29) is 10.3 Å². The summed E-state index contributed by atoms with van der Waals surface area (Å²) in [4.78, 5) is 0.413. The molecule has 0 bridgehead atoms. The number of hydrogen-bond acceptors (Lipinski definition) is 4. The molecule has 0 saturated heterocycles. The molecular formula is C13H20N2O2S2. The van der Waals surface area contributed by atoms with Crippen molar-refractivity contribution in [3.05, 3.63) is 17.0 Å². The number of hydrogen-bond donors (Lipinski definition) is 1. The van der Waals surface area contributed by atoms with Crippen molar-refractivity contribution in [3.8, 4) is 6.07 Å². The molecule has 0 amide bonds. The summed E-state index contributed by atoms with van der Waals surface area (Å²) >= 11 is 1.00. The van der Waals surface area contributed by atoms with Gasteiger partial charge in [0.05, 0.1) is 0 Å². The maximum atomic E-state index is 12.1. The highest BCUT2D eigenvalue weighted by Gasteiger charge is 2.19. The maximum absolute atomic E-state index is 12.1. The van der Waals surface area contributed by atoms with E-state index in [1.807, 2.05) is 13.0 Å². The summed E-state index contributed by atoms with van der Waals surface area (Å²) in [5.74, 6) is 0. The summed E-state index contributed by atoms with van der Waals surface area (Å²) in [5, 5.41) is 8.71. The molecule has 1 rings (SSSR count). The van der Waals surface area contributed by atoms with E-state index < -0.39 is 10.0 Å². The van der Waals surface area contributed by atoms with Gasteiger partial charge in [0, 0.05) is 6.04 Å². The Morgan fingerprint density at radius 3 is 2.68 bits per heavy atom. The quantitative estimate of drug-likeness (QED) is 0.749. The first-order valence-corrected chi connectivity index (χ1v) is 8.82. The van der Waals surface area contributed by atoms with Crippen LogP contribution in [0.25, 0.3) is 0 Å². The lowest BCUT2D eigenvalue weighted by Crippen LogP contribution is -2.32. The van der Waals surface area contributed by atoms with Gasteiger partial charge in [0.2, 0.25) is 10.0 Å². The van der Waals surface area contributed by atoms with Crippen molar-refractivity contribution in [1.29, 1.82) is 5.26 Å². The van der Waals surface area contributed by atoms with Crippen LogP contribution < -0.4 is 4.72 Å². The van der Waals surface area contributed by atoms with Crippen molar-refractivity contribution in [3.63, 3.8) is 0 Å². The number of thiophene rings is 1. The Labute approximate surface area is 119 Å². The van der Waals surface area contributed by atoms with Gasteiger partial charge in [-0.05, 0) is 25.5 Å². The third-order valence-corrected chi connectivity index (χ3v) is 5.87. The highest BCUT2D eigenvalue weighted by molar-refractivity contribution is 7.91. The molecule has 106 valence electrons. The van der Waals surface area contributed by atoms with Gasteiger partial charge in [-0.25, -0.2) is 13.1 Å². The number of unbranched alkanes of at least 4 members (excludes halogenated alkanes) is 3. The van der Waals surface area contributed by atoms with Crippen molar-refractivity contribution in [2.45, 2.75) is 56.2 Å². The zero-order chi connectivity index (χ0) is 14.3. The molecule has 0 fully saturated rings.